The van der Waals surface area contributed by atoms with Crippen LogP contribution in [0.4, 0.5) is 0 Å². The third kappa shape index (κ3) is 3.50. The van der Waals surface area contributed by atoms with E-state index in [2.05, 4.69) is 22.6 Å². The molecule has 1 unspecified atom stereocenters. The lowest BCUT2D eigenvalue weighted by Crippen LogP contribution is -2.29. The normalized spacial score (nSPS) is 18.7. The predicted molar refractivity (Wildman–Crippen MR) is 71.4 cm³/mol. The number of nitrogens with zero attached hydrogens (tertiary/aromatic N) is 1. The van der Waals surface area contributed by atoms with Gasteiger partial charge >= 0.3 is 0 Å². The zero-order valence-corrected chi connectivity index (χ0v) is 11.6. The number of aromatic nitrogens is 1. The first kappa shape index (κ1) is 13.0. The summed E-state index contributed by atoms with van der Waals surface area (Å²) in [6, 6.07) is 0.436. The second-order valence-corrected chi connectivity index (χ2v) is 5.69. The van der Waals surface area contributed by atoms with Crippen molar-refractivity contribution in [1.82, 2.24) is 10.3 Å². The summed E-state index contributed by atoms with van der Waals surface area (Å²) in [6.45, 7) is 3.75. The molecule has 0 saturated heterocycles. The molecule has 0 amide bonds. The number of thiazole rings is 1. The Labute approximate surface area is 108 Å². The quantitative estimate of drug-likeness (QED) is 0.793. The molecule has 1 aliphatic rings. The first-order chi connectivity index (χ1) is 8.31. The predicted octanol–water partition coefficient (Wildman–Crippen LogP) is 2.92. The van der Waals surface area contributed by atoms with Gasteiger partial charge in [-0.25, -0.2) is 4.98 Å². The standard InChI is InChI=1S/C13H22N2OS/c1-10-9-17-13(15-10)12(14-7-8-16-2)11-5-3-4-6-11/h9,11-12,14H,3-8H2,1-2H3. The summed E-state index contributed by atoms with van der Waals surface area (Å²) in [5.41, 5.74) is 1.14. The smallest absolute Gasteiger partial charge is 0.110 e. The average Bonchev–Trinajstić information content (AvgIpc) is 2.96. The molecule has 1 atom stereocenters. The molecule has 1 heterocycles. The highest BCUT2D eigenvalue weighted by Gasteiger charge is 2.27. The second-order valence-electron chi connectivity index (χ2n) is 4.80. The van der Waals surface area contributed by atoms with Gasteiger partial charge in [-0.3, -0.25) is 0 Å². The Bertz CT molecular complexity index is 334. The van der Waals surface area contributed by atoms with E-state index in [0.29, 0.717) is 6.04 Å². The Morgan fingerprint density at radius 3 is 2.88 bits per heavy atom. The minimum atomic E-state index is 0.436. The first-order valence-electron chi connectivity index (χ1n) is 6.45. The minimum absolute atomic E-state index is 0.436. The lowest BCUT2D eigenvalue weighted by molar-refractivity contribution is 0.190. The lowest BCUT2D eigenvalue weighted by atomic mass is 9.98. The van der Waals surface area contributed by atoms with Gasteiger partial charge in [0.2, 0.25) is 0 Å². The molecule has 0 aromatic carbocycles. The second kappa shape index (κ2) is 6.47. The van der Waals surface area contributed by atoms with Crippen LogP contribution in [0.15, 0.2) is 5.38 Å². The van der Waals surface area contributed by atoms with E-state index in [1.165, 1.54) is 30.7 Å². The number of hydrogen-bond donors (Lipinski definition) is 1. The van der Waals surface area contributed by atoms with E-state index in [9.17, 15) is 0 Å². The van der Waals surface area contributed by atoms with Gasteiger partial charge in [0.25, 0.3) is 0 Å². The van der Waals surface area contributed by atoms with Gasteiger partial charge in [0.15, 0.2) is 0 Å². The van der Waals surface area contributed by atoms with Gasteiger partial charge in [0.05, 0.1) is 12.6 Å². The summed E-state index contributed by atoms with van der Waals surface area (Å²) < 4.78 is 5.12. The minimum Gasteiger partial charge on any atom is -0.383 e. The molecule has 1 N–H and O–H groups in total. The van der Waals surface area contributed by atoms with Crippen molar-refractivity contribution >= 4 is 11.3 Å². The summed E-state index contributed by atoms with van der Waals surface area (Å²) >= 11 is 1.79. The lowest BCUT2D eigenvalue weighted by Gasteiger charge is -2.22. The zero-order chi connectivity index (χ0) is 12.1. The van der Waals surface area contributed by atoms with E-state index in [4.69, 9.17) is 4.74 Å². The van der Waals surface area contributed by atoms with Crippen molar-refractivity contribution in [2.24, 2.45) is 5.92 Å². The molecule has 17 heavy (non-hydrogen) atoms. The van der Waals surface area contributed by atoms with Crippen LogP contribution in [0, 0.1) is 12.8 Å². The number of hydrogen-bond acceptors (Lipinski definition) is 4. The van der Waals surface area contributed by atoms with Crippen LogP contribution in [0.25, 0.3) is 0 Å². The van der Waals surface area contributed by atoms with Crippen LogP contribution in [0.5, 0.6) is 0 Å². The van der Waals surface area contributed by atoms with Crippen molar-refractivity contribution in [2.45, 2.75) is 38.6 Å². The molecule has 0 aliphatic heterocycles. The topological polar surface area (TPSA) is 34.1 Å². The molecule has 1 aromatic rings. The van der Waals surface area contributed by atoms with Gasteiger partial charge in [-0.05, 0) is 25.7 Å². The van der Waals surface area contributed by atoms with Gasteiger partial charge in [0.1, 0.15) is 5.01 Å². The summed E-state index contributed by atoms with van der Waals surface area (Å²) in [5.74, 6) is 0.761. The summed E-state index contributed by atoms with van der Waals surface area (Å²) in [4.78, 5) is 4.65. The Hall–Kier alpha value is -0.450. The van der Waals surface area contributed by atoms with E-state index >= 15 is 0 Å². The maximum absolute atomic E-state index is 5.12. The van der Waals surface area contributed by atoms with Crippen LogP contribution in [-0.4, -0.2) is 25.2 Å². The molecular weight excluding hydrogens is 232 g/mol. The van der Waals surface area contributed by atoms with E-state index in [0.717, 1.165) is 24.8 Å². The molecule has 0 spiro atoms. The molecule has 1 fully saturated rings. The zero-order valence-electron chi connectivity index (χ0n) is 10.7. The van der Waals surface area contributed by atoms with Crippen LogP contribution >= 0.6 is 11.3 Å². The maximum atomic E-state index is 5.12. The van der Waals surface area contributed by atoms with Crippen LogP contribution in [-0.2, 0) is 4.74 Å². The van der Waals surface area contributed by atoms with Crippen molar-refractivity contribution in [3.8, 4) is 0 Å². The van der Waals surface area contributed by atoms with E-state index < -0.39 is 0 Å². The molecule has 3 nitrogen and oxygen atoms in total. The summed E-state index contributed by atoms with van der Waals surface area (Å²) in [6.07, 6.45) is 5.42. The molecule has 1 aliphatic carbocycles. The van der Waals surface area contributed by atoms with Crippen LogP contribution in [0.2, 0.25) is 0 Å². The Morgan fingerprint density at radius 1 is 1.53 bits per heavy atom. The third-order valence-corrected chi connectivity index (χ3v) is 4.49. The van der Waals surface area contributed by atoms with E-state index in [-0.39, 0.29) is 0 Å². The molecule has 4 heteroatoms. The largest absolute Gasteiger partial charge is 0.383 e. The molecule has 1 saturated carbocycles. The fourth-order valence-corrected chi connectivity index (χ4v) is 3.54. The molecule has 2 rings (SSSR count). The van der Waals surface area contributed by atoms with Gasteiger partial charge in [-0.1, -0.05) is 12.8 Å². The van der Waals surface area contributed by atoms with Crippen LogP contribution < -0.4 is 5.32 Å². The molecule has 0 radical (unpaired) electrons. The fraction of sp³-hybridized carbons (Fsp3) is 0.769. The van der Waals surface area contributed by atoms with Crippen molar-refractivity contribution in [3.05, 3.63) is 16.1 Å². The fourth-order valence-electron chi connectivity index (χ4n) is 2.58. The number of methoxy groups -OCH3 is 1. The van der Waals surface area contributed by atoms with Crippen LogP contribution in [0.1, 0.15) is 42.4 Å². The number of ether oxygens (including phenoxy) is 1. The molecule has 1 aromatic heterocycles. The van der Waals surface area contributed by atoms with Crippen molar-refractivity contribution < 1.29 is 4.74 Å². The Morgan fingerprint density at radius 2 is 2.29 bits per heavy atom. The Balaban J connectivity index is 2.00. The van der Waals surface area contributed by atoms with Crippen molar-refractivity contribution in [3.63, 3.8) is 0 Å². The SMILES string of the molecule is COCCNC(c1nc(C)cs1)C1CCCC1. The molecule has 96 valence electrons. The summed E-state index contributed by atoms with van der Waals surface area (Å²) in [5, 5.41) is 7.02. The van der Waals surface area contributed by atoms with E-state index in [1.807, 2.05) is 0 Å². The highest BCUT2D eigenvalue weighted by molar-refractivity contribution is 7.09. The monoisotopic (exact) mass is 254 g/mol. The molecular formula is C13H22N2OS. The van der Waals surface area contributed by atoms with Gasteiger partial charge in [-0.15, -0.1) is 11.3 Å². The van der Waals surface area contributed by atoms with Crippen molar-refractivity contribution in [2.75, 3.05) is 20.3 Å². The van der Waals surface area contributed by atoms with Gasteiger partial charge < -0.3 is 10.1 Å². The maximum Gasteiger partial charge on any atom is 0.110 e. The van der Waals surface area contributed by atoms with Crippen LogP contribution in [0.3, 0.4) is 0 Å². The molecule has 0 bridgehead atoms. The average molecular weight is 254 g/mol. The van der Waals surface area contributed by atoms with Crippen molar-refractivity contribution in [1.29, 1.82) is 0 Å². The van der Waals surface area contributed by atoms with Gasteiger partial charge in [-0.2, -0.15) is 0 Å². The number of rotatable bonds is 6. The van der Waals surface area contributed by atoms with E-state index in [1.54, 1.807) is 18.4 Å². The summed E-state index contributed by atoms with van der Waals surface area (Å²) in [7, 11) is 1.75. The third-order valence-electron chi connectivity index (χ3n) is 3.44. The highest BCUT2D eigenvalue weighted by Crippen LogP contribution is 2.36. The number of aryl methyl sites for hydroxylation is 1. The highest BCUT2D eigenvalue weighted by atomic mass is 32.1. The van der Waals surface area contributed by atoms with Gasteiger partial charge in [0, 0.05) is 24.7 Å². The number of nitrogens with one attached hydrogen (secondary N) is 1. The Kier molecular flexibility index (Phi) is 4.95. The first-order valence-corrected chi connectivity index (χ1v) is 7.33.